The molecule has 0 radical (unpaired) electrons. The van der Waals surface area contributed by atoms with Crippen LogP contribution in [-0.4, -0.2) is 53.3 Å². The number of aromatic nitrogens is 3. The second-order valence-corrected chi connectivity index (χ2v) is 11.8. The highest BCUT2D eigenvalue weighted by molar-refractivity contribution is 5.83. The van der Waals surface area contributed by atoms with Crippen LogP contribution in [0.3, 0.4) is 0 Å². The van der Waals surface area contributed by atoms with Crippen molar-refractivity contribution >= 4 is 16.9 Å². The number of hydrogen-bond donors (Lipinski definition) is 4. The number of rotatable bonds is 16. The summed E-state index contributed by atoms with van der Waals surface area (Å²) in [6.07, 6.45) is -0.174. The van der Waals surface area contributed by atoms with E-state index in [-0.39, 0.29) is 41.4 Å². The molecule has 0 fully saturated rings. The molecule has 2 aromatic heterocycles. The van der Waals surface area contributed by atoms with E-state index in [0.717, 1.165) is 30.9 Å². The Morgan fingerprint density at radius 3 is 2.60 bits per heavy atom. The second-order valence-electron chi connectivity index (χ2n) is 11.8. The minimum Gasteiger partial charge on any atom is -0.496 e. The predicted octanol–water partition coefficient (Wildman–Crippen LogP) is 6.36. The first kappa shape index (κ1) is 36.5. The predicted molar refractivity (Wildman–Crippen MR) is 178 cm³/mol. The van der Waals surface area contributed by atoms with Gasteiger partial charge in [0, 0.05) is 47.4 Å². The Labute approximate surface area is 275 Å². The maximum Gasteiger partial charge on any atom is 0.419 e. The van der Waals surface area contributed by atoms with Gasteiger partial charge in [0.05, 0.1) is 29.9 Å². The molecule has 2 heterocycles. The Balaban J connectivity index is 1.67. The molecule has 2 aromatic carbocycles. The van der Waals surface area contributed by atoms with Crippen LogP contribution < -0.4 is 27.2 Å². The summed E-state index contributed by atoms with van der Waals surface area (Å²) < 4.78 is 76.6. The van der Waals surface area contributed by atoms with Gasteiger partial charge in [-0.05, 0) is 75.4 Å². The number of nitrogens with zero attached hydrogens (tertiary/aromatic N) is 3. The van der Waals surface area contributed by atoms with Gasteiger partial charge in [0.2, 0.25) is 0 Å². The van der Waals surface area contributed by atoms with Crippen molar-refractivity contribution in [1.29, 1.82) is 0 Å². The Morgan fingerprint density at radius 2 is 1.94 bits per heavy atom. The average molecular weight is 676 g/mol. The van der Waals surface area contributed by atoms with Crippen molar-refractivity contribution in [2.75, 3.05) is 26.9 Å². The number of amidine groups is 1. The van der Waals surface area contributed by atoms with Crippen LogP contribution in [0, 0.1) is 5.82 Å². The summed E-state index contributed by atoms with van der Waals surface area (Å²) in [5.74, 6) is -0.356. The SMILES string of the molecule is CCCC(NCCCN=C(C)N)c1ccc(-n2cc3cc(-c4cc(CCCC(N)CF)cc(C(F)(F)F)c4F)[nH]c3nc2=O)cc1OC. The molecule has 6 N–H and O–H groups in total. The van der Waals surface area contributed by atoms with E-state index in [0.29, 0.717) is 42.2 Å². The summed E-state index contributed by atoms with van der Waals surface area (Å²) in [5.41, 5.74) is 10.5. The molecule has 2 atom stereocenters. The number of aryl methyl sites for hydroxylation is 1. The molecule has 260 valence electrons. The van der Waals surface area contributed by atoms with Gasteiger partial charge in [-0.3, -0.25) is 9.56 Å². The fourth-order valence-corrected chi connectivity index (χ4v) is 5.61. The molecule has 0 bridgehead atoms. The smallest absolute Gasteiger partial charge is 0.419 e. The maximum atomic E-state index is 15.4. The van der Waals surface area contributed by atoms with Crippen LogP contribution in [0.15, 0.2) is 52.4 Å². The number of ether oxygens (including phenoxy) is 1. The van der Waals surface area contributed by atoms with Crippen LogP contribution in [-0.2, 0) is 12.6 Å². The lowest BCUT2D eigenvalue weighted by Gasteiger charge is -2.22. The number of nitrogens with one attached hydrogen (secondary N) is 2. The molecule has 0 aliphatic rings. The van der Waals surface area contributed by atoms with Gasteiger partial charge in [0.1, 0.15) is 23.9 Å². The number of hydrogen-bond acceptors (Lipinski definition) is 6. The number of methoxy groups -OCH3 is 1. The van der Waals surface area contributed by atoms with Crippen molar-refractivity contribution in [1.82, 2.24) is 19.9 Å². The molecule has 0 aliphatic heterocycles. The number of aromatic amines is 1. The zero-order chi connectivity index (χ0) is 35.0. The van der Waals surface area contributed by atoms with E-state index < -0.39 is 36.0 Å². The lowest BCUT2D eigenvalue weighted by Crippen LogP contribution is -2.24. The fraction of sp³-hybridized carbons (Fsp3) is 0.441. The topological polar surface area (TPSA) is 136 Å². The summed E-state index contributed by atoms with van der Waals surface area (Å²) >= 11 is 0. The van der Waals surface area contributed by atoms with Gasteiger partial charge >= 0.3 is 11.9 Å². The third-order valence-corrected chi connectivity index (χ3v) is 8.01. The van der Waals surface area contributed by atoms with Crippen molar-refractivity contribution < 1.29 is 26.7 Å². The van der Waals surface area contributed by atoms with Crippen LogP contribution >= 0.6 is 0 Å². The summed E-state index contributed by atoms with van der Waals surface area (Å²) in [6.45, 7) is 4.41. The van der Waals surface area contributed by atoms with Crippen LogP contribution in [0.5, 0.6) is 5.75 Å². The molecule has 0 saturated carbocycles. The largest absolute Gasteiger partial charge is 0.496 e. The molecule has 0 spiro atoms. The lowest BCUT2D eigenvalue weighted by atomic mass is 9.98. The van der Waals surface area contributed by atoms with Gasteiger partial charge in [-0.15, -0.1) is 0 Å². The molecular weight excluding hydrogens is 633 g/mol. The minimum atomic E-state index is -4.95. The molecular formula is C34H42F5N7O2. The Kier molecular flexibility index (Phi) is 12.3. The van der Waals surface area contributed by atoms with E-state index in [1.165, 1.54) is 22.9 Å². The number of nitrogens with two attached hydrogens (primary N) is 2. The van der Waals surface area contributed by atoms with E-state index >= 15 is 4.39 Å². The van der Waals surface area contributed by atoms with Crippen LogP contribution in [0.25, 0.3) is 28.0 Å². The first-order valence-electron chi connectivity index (χ1n) is 15.9. The number of benzene rings is 2. The summed E-state index contributed by atoms with van der Waals surface area (Å²) in [5, 5.41) is 3.92. The summed E-state index contributed by atoms with van der Waals surface area (Å²) in [7, 11) is 1.54. The quantitative estimate of drug-likeness (QED) is 0.0472. The molecule has 0 saturated heterocycles. The van der Waals surface area contributed by atoms with E-state index in [1.54, 1.807) is 26.2 Å². The molecule has 2 unspecified atom stereocenters. The Bertz CT molecular complexity index is 1780. The highest BCUT2D eigenvalue weighted by atomic mass is 19.4. The number of aliphatic imine (C=N–C) groups is 1. The Morgan fingerprint density at radius 1 is 1.17 bits per heavy atom. The lowest BCUT2D eigenvalue weighted by molar-refractivity contribution is -0.140. The van der Waals surface area contributed by atoms with Gasteiger partial charge in [-0.25, -0.2) is 13.6 Å². The molecule has 4 rings (SSSR count). The maximum absolute atomic E-state index is 15.4. The minimum absolute atomic E-state index is 0.0146. The number of fused-ring (bicyclic) bond motifs is 1. The first-order chi connectivity index (χ1) is 22.9. The molecule has 0 aliphatic carbocycles. The van der Waals surface area contributed by atoms with Gasteiger partial charge in [0.25, 0.3) is 0 Å². The van der Waals surface area contributed by atoms with Crippen LogP contribution in [0.2, 0.25) is 0 Å². The van der Waals surface area contributed by atoms with Crippen LogP contribution in [0.4, 0.5) is 22.0 Å². The van der Waals surface area contributed by atoms with E-state index in [2.05, 4.69) is 27.2 Å². The zero-order valence-corrected chi connectivity index (χ0v) is 27.3. The monoisotopic (exact) mass is 675 g/mol. The van der Waals surface area contributed by atoms with Gasteiger partial charge in [-0.1, -0.05) is 19.4 Å². The van der Waals surface area contributed by atoms with Gasteiger partial charge in [-0.2, -0.15) is 18.2 Å². The second kappa shape index (κ2) is 16.2. The highest BCUT2D eigenvalue weighted by Gasteiger charge is 2.36. The molecule has 0 amide bonds. The number of alkyl halides is 4. The van der Waals surface area contributed by atoms with Crippen molar-refractivity contribution in [3.63, 3.8) is 0 Å². The molecule has 14 heteroatoms. The molecule has 9 nitrogen and oxygen atoms in total. The standard InChI is InChI=1S/C34H42F5N7O2/c1-4-7-28(43-13-6-12-42-20(2)40)25-11-10-24(17-30(25)48-3)46-19-22-16-29(44-32(22)45-33(46)47)26-14-21(8-5-9-23(41)18-35)15-27(31(26)36)34(37,38)39/h10-11,14-17,19,23,28,43H,4-9,12-13,18,41H2,1-3H3,(H2,40,42)(H,44,45,47). The van der Waals surface area contributed by atoms with E-state index in [4.69, 9.17) is 16.2 Å². The first-order valence-corrected chi connectivity index (χ1v) is 15.9. The molecule has 4 aromatic rings. The summed E-state index contributed by atoms with van der Waals surface area (Å²) in [4.78, 5) is 24.3. The molecule has 48 heavy (non-hydrogen) atoms. The van der Waals surface area contributed by atoms with Gasteiger partial charge in [0.15, 0.2) is 0 Å². The number of halogens is 5. The normalized spacial score (nSPS) is 13.6. The Hall–Kier alpha value is -4.30. The van der Waals surface area contributed by atoms with E-state index in [9.17, 15) is 22.4 Å². The average Bonchev–Trinajstić information content (AvgIpc) is 3.45. The fourth-order valence-electron chi connectivity index (χ4n) is 5.61. The summed E-state index contributed by atoms with van der Waals surface area (Å²) in [6, 6.07) is 8.16. The van der Waals surface area contributed by atoms with Gasteiger partial charge < -0.3 is 26.5 Å². The zero-order valence-electron chi connectivity index (χ0n) is 27.3. The van der Waals surface area contributed by atoms with Crippen molar-refractivity contribution in [2.24, 2.45) is 16.5 Å². The third kappa shape index (κ3) is 8.98. The van der Waals surface area contributed by atoms with Crippen LogP contribution in [0.1, 0.15) is 68.7 Å². The van der Waals surface area contributed by atoms with Crippen molar-refractivity contribution in [2.45, 2.75) is 70.6 Å². The number of H-pyrrole nitrogens is 1. The highest BCUT2D eigenvalue weighted by Crippen LogP contribution is 2.38. The van der Waals surface area contributed by atoms with E-state index in [1.807, 2.05) is 6.07 Å². The third-order valence-electron chi connectivity index (χ3n) is 8.01. The van der Waals surface area contributed by atoms with Crippen molar-refractivity contribution in [3.05, 3.63) is 75.6 Å². The van der Waals surface area contributed by atoms with Crippen molar-refractivity contribution in [3.8, 4) is 22.7 Å².